The fourth-order valence-electron chi connectivity index (χ4n) is 2.17. The number of anilines is 1. The largest absolute Gasteiger partial charge is 0.507 e. The predicted octanol–water partition coefficient (Wildman–Crippen LogP) is 4.69. The van der Waals surface area contributed by atoms with E-state index in [0.29, 0.717) is 14.8 Å². The normalized spacial score (nSPS) is 16.1. The molecule has 4 nitrogen and oxygen atoms in total. The Morgan fingerprint density at radius 3 is 2.79 bits per heavy atom. The average Bonchev–Trinajstić information content (AvgIpc) is 2.80. The minimum Gasteiger partial charge on any atom is -0.507 e. The molecular weight excluding hydrogens is 408 g/mol. The van der Waals surface area contributed by atoms with Gasteiger partial charge < -0.3 is 5.11 Å². The van der Waals surface area contributed by atoms with E-state index in [4.69, 9.17) is 12.2 Å². The highest BCUT2D eigenvalue weighted by atomic mass is 79.9. The number of carbonyl (C=O) groups excluding carboxylic acids is 1. The van der Waals surface area contributed by atoms with Crippen LogP contribution in [0.3, 0.4) is 0 Å². The van der Waals surface area contributed by atoms with Gasteiger partial charge in [-0.25, -0.2) is 5.01 Å². The molecule has 3 rings (SSSR count). The number of thiocarbonyl (C=S) groups is 1. The van der Waals surface area contributed by atoms with Crippen molar-refractivity contribution in [1.82, 2.24) is 5.01 Å². The number of thioether (sulfide) groups is 1. The second kappa shape index (κ2) is 6.96. The van der Waals surface area contributed by atoms with Crippen molar-refractivity contribution in [1.29, 1.82) is 0 Å². The van der Waals surface area contributed by atoms with Crippen LogP contribution in [-0.2, 0) is 4.79 Å². The second-order valence-corrected chi connectivity index (χ2v) is 7.74. The Morgan fingerprint density at radius 2 is 2.04 bits per heavy atom. The van der Waals surface area contributed by atoms with Gasteiger partial charge >= 0.3 is 0 Å². The lowest BCUT2D eigenvalue weighted by atomic mass is 10.2. The predicted molar refractivity (Wildman–Crippen MR) is 106 cm³/mol. The van der Waals surface area contributed by atoms with Gasteiger partial charge in [0.15, 0.2) is 4.32 Å². The van der Waals surface area contributed by atoms with E-state index in [9.17, 15) is 9.90 Å². The minimum atomic E-state index is -0.243. The summed E-state index contributed by atoms with van der Waals surface area (Å²) in [6.07, 6.45) is 1.64. The fraction of sp³-hybridized carbons (Fsp3) is 0.0588. The van der Waals surface area contributed by atoms with Crippen molar-refractivity contribution >= 4 is 61.9 Å². The van der Waals surface area contributed by atoms with E-state index in [1.165, 1.54) is 16.8 Å². The van der Waals surface area contributed by atoms with Crippen LogP contribution in [0.15, 0.2) is 51.8 Å². The molecule has 0 aliphatic carbocycles. The van der Waals surface area contributed by atoms with Crippen LogP contribution in [-0.4, -0.2) is 20.3 Å². The number of phenols is 1. The van der Waals surface area contributed by atoms with Gasteiger partial charge in [-0.3, -0.25) is 10.2 Å². The number of para-hydroxylation sites is 1. The lowest BCUT2D eigenvalue weighted by Gasteiger charge is -2.18. The maximum absolute atomic E-state index is 12.6. The average molecular weight is 421 g/mol. The lowest BCUT2D eigenvalue weighted by Crippen LogP contribution is -2.34. The van der Waals surface area contributed by atoms with Gasteiger partial charge in [0.2, 0.25) is 0 Å². The number of rotatable bonds is 3. The van der Waals surface area contributed by atoms with Gasteiger partial charge in [0, 0.05) is 10.0 Å². The highest BCUT2D eigenvalue weighted by Crippen LogP contribution is 2.35. The molecule has 1 heterocycles. The fourth-order valence-corrected chi connectivity index (χ4v) is 3.71. The van der Waals surface area contributed by atoms with Gasteiger partial charge in [0.1, 0.15) is 5.75 Å². The Morgan fingerprint density at radius 1 is 1.29 bits per heavy atom. The topological polar surface area (TPSA) is 52.6 Å². The summed E-state index contributed by atoms with van der Waals surface area (Å²) < 4.78 is 1.24. The third-order valence-electron chi connectivity index (χ3n) is 3.45. The molecule has 0 spiro atoms. The van der Waals surface area contributed by atoms with Crippen LogP contribution in [0.1, 0.15) is 11.1 Å². The van der Waals surface area contributed by atoms with E-state index in [1.807, 2.05) is 31.2 Å². The van der Waals surface area contributed by atoms with E-state index >= 15 is 0 Å². The van der Waals surface area contributed by atoms with Crippen LogP contribution in [0.25, 0.3) is 6.08 Å². The van der Waals surface area contributed by atoms with Crippen molar-refractivity contribution < 1.29 is 9.90 Å². The molecule has 1 aliphatic rings. The summed E-state index contributed by atoms with van der Waals surface area (Å²) in [5.74, 6) is -0.136. The van der Waals surface area contributed by atoms with Gasteiger partial charge in [-0.05, 0) is 55.0 Å². The first-order valence-electron chi connectivity index (χ1n) is 7.04. The van der Waals surface area contributed by atoms with Gasteiger partial charge in [0.05, 0.1) is 10.6 Å². The van der Waals surface area contributed by atoms with Crippen LogP contribution < -0.4 is 5.43 Å². The van der Waals surface area contributed by atoms with E-state index < -0.39 is 0 Å². The molecule has 7 heteroatoms. The third-order valence-corrected chi connectivity index (χ3v) is 5.24. The summed E-state index contributed by atoms with van der Waals surface area (Å²) in [7, 11) is 0. The standard InChI is InChI=1S/C17H13BrN2O2S2/c1-10-4-2-3-5-13(10)19-20-16(22)15(24-17(20)23)9-11-8-12(18)6-7-14(11)21/h2-9,19,21H,1H3. The molecule has 2 aromatic rings. The molecule has 1 saturated heterocycles. The molecule has 0 unspecified atom stereocenters. The molecule has 122 valence electrons. The zero-order chi connectivity index (χ0) is 17.3. The van der Waals surface area contributed by atoms with Crippen LogP contribution in [0.4, 0.5) is 5.69 Å². The second-order valence-electron chi connectivity index (χ2n) is 5.15. The Labute approximate surface area is 157 Å². The Kier molecular flexibility index (Phi) is 4.93. The summed E-state index contributed by atoms with van der Waals surface area (Å²) in [6.45, 7) is 1.95. The van der Waals surface area contributed by atoms with E-state index in [-0.39, 0.29) is 11.7 Å². The summed E-state index contributed by atoms with van der Waals surface area (Å²) in [5, 5.41) is 11.3. The van der Waals surface area contributed by atoms with E-state index in [2.05, 4.69) is 21.4 Å². The number of benzene rings is 2. The van der Waals surface area contributed by atoms with E-state index in [0.717, 1.165) is 15.7 Å². The molecule has 2 aromatic carbocycles. The first kappa shape index (κ1) is 17.0. The van der Waals surface area contributed by atoms with Gasteiger partial charge in [0.25, 0.3) is 5.91 Å². The molecule has 24 heavy (non-hydrogen) atoms. The molecule has 0 radical (unpaired) electrons. The van der Waals surface area contributed by atoms with Crippen molar-refractivity contribution in [2.45, 2.75) is 6.92 Å². The molecule has 1 amide bonds. The van der Waals surface area contributed by atoms with Crippen LogP contribution in [0.5, 0.6) is 5.75 Å². The molecule has 2 N–H and O–H groups in total. The van der Waals surface area contributed by atoms with Gasteiger partial charge in [-0.15, -0.1) is 0 Å². The maximum atomic E-state index is 12.6. The molecular formula is C17H13BrN2O2S2. The molecule has 0 aromatic heterocycles. The van der Waals surface area contributed by atoms with Gasteiger partial charge in [-0.2, -0.15) is 0 Å². The SMILES string of the molecule is Cc1ccccc1NN1C(=O)C(=Cc2cc(Br)ccc2O)SC1=S. The number of nitrogens with zero attached hydrogens (tertiary/aromatic N) is 1. The number of aryl methyl sites for hydroxylation is 1. The maximum Gasteiger partial charge on any atom is 0.285 e. The summed E-state index contributed by atoms with van der Waals surface area (Å²) in [4.78, 5) is 13.1. The number of aromatic hydroxyl groups is 1. The first-order valence-corrected chi connectivity index (χ1v) is 9.06. The Hall–Kier alpha value is -1.83. The third kappa shape index (κ3) is 3.48. The van der Waals surface area contributed by atoms with Crippen LogP contribution in [0.2, 0.25) is 0 Å². The molecule has 0 saturated carbocycles. The first-order chi connectivity index (χ1) is 11.5. The number of carbonyl (C=O) groups is 1. The zero-order valence-corrected chi connectivity index (χ0v) is 15.8. The highest BCUT2D eigenvalue weighted by molar-refractivity contribution is 9.10. The molecule has 1 aliphatic heterocycles. The number of hydrazine groups is 1. The van der Waals surface area contributed by atoms with Gasteiger partial charge in [-0.1, -0.05) is 45.9 Å². The number of hydrogen-bond acceptors (Lipinski definition) is 5. The number of phenolic OH excluding ortho intramolecular Hbond substituents is 1. The van der Waals surface area contributed by atoms with Crippen molar-refractivity contribution in [3.8, 4) is 5.75 Å². The lowest BCUT2D eigenvalue weighted by molar-refractivity contribution is -0.121. The van der Waals surface area contributed by atoms with Crippen molar-refractivity contribution in [3.05, 3.63) is 63.0 Å². The van der Waals surface area contributed by atoms with Crippen molar-refractivity contribution in [3.63, 3.8) is 0 Å². The van der Waals surface area contributed by atoms with Crippen molar-refractivity contribution in [2.24, 2.45) is 0 Å². The summed E-state index contributed by atoms with van der Waals surface area (Å²) >= 11 is 9.86. The highest BCUT2D eigenvalue weighted by Gasteiger charge is 2.32. The summed E-state index contributed by atoms with van der Waals surface area (Å²) in [5.41, 5.74) is 5.45. The number of hydrogen-bond donors (Lipinski definition) is 2. The Bertz CT molecular complexity index is 867. The Balaban J connectivity index is 1.88. The van der Waals surface area contributed by atoms with E-state index in [1.54, 1.807) is 24.3 Å². The number of halogens is 1. The van der Waals surface area contributed by atoms with Crippen LogP contribution in [0, 0.1) is 6.92 Å². The number of nitrogens with one attached hydrogen (secondary N) is 1. The monoisotopic (exact) mass is 420 g/mol. The summed E-state index contributed by atoms with van der Waals surface area (Å²) in [6, 6.07) is 12.7. The molecule has 1 fully saturated rings. The van der Waals surface area contributed by atoms with Crippen molar-refractivity contribution in [2.75, 3.05) is 5.43 Å². The quantitative estimate of drug-likeness (QED) is 0.556. The zero-order valence-electron chi connectivity index (χ0n) is 12.6. The van der Waals surface area contributed by atoms with Crippen LogP contribution >= 0.6 is 39.9 Å². The smallest absolute Gasteiger partial charge is 0.285 e. The molecule has 0 bridgehead atoms. The molecule has 0 atom stereocenters. The number of amides is 1. The minimum absolute atomic E-state index is 0.107.